The minimum absolute atomic E-state index is 0.146. The zero-order valence-electron chi connectivity index (χ0n) is 20.6. The second-order valence-corrected chi connectivity index (χ2v) is 10.6. The van der Waals surface area contributed by atoms with Gasteiger partial charge in [-0.2, -0.15) is 0 Å². The predicted octanol–water partition coefficient (Wildman–Crippen LogP) is 5.12. The number of fused-ring (bicyclic) bond motifs is 1. The molecule has 1 aliphatic carbocycles. The summed E-state index contributed by atoms with van der Waals surface area (Å²) in [4.78, 5) is 26.2. The summed E-state index contributed by atoms with van der Waals surface area (Å²) in [5, 5.41) is 12.8. The van der Waals surface area contributed by atoms with Crippen LogP contribution in [0.5, 0.6) is 5.75 Å². The average Bonchev–Trinajstić information content (AvgIpc) is 3.50. The van der Waals surface area contributed by atoms with Crippen LogP contribution in [-0.2, 0) is 28.9 Å². The van der Waals surface area contributed by atoms with E-state index in [4.69, 9.17) is 9.47 Å². The second-order valence-electron chi connectivity index (χ2n) is 8.56. The minimum atomic E-state index is -0.402. The summed E-state index contributed by atoms with van der Waals surface area (Å²) in [5.74, 6) is 1.04. The molecule has 0 saturated heterocycles. The Morgan fingerprint density at radius 3 is 2.63 bits per heavy atom. The van der Waals surface area contributed by atoms with E-state index in [2.05, 4.69) is 21.6 Å². The molecule has 3 aromatic rings. The largest absolute Gasteiger partial charge is 0.483 e. The van der Waals surface area contributed by atoms with Gasteiger partial charge in [-0.05, 0) is 75.8 Å². The number of ether oxygens (including phenoxy) is 2. The van der Waals surface area contributed by atoms with Crippen molar-refractivity contribution in [1.29, 1.82) is 0 Å². The quantitative estimate of drug-likeness (QED) is 0.313. The summed E-state index contributed by atoms with van der Waals surface area (Å²) in [6.45, 7) is 8.68. The van der Waals surface area contributed by atoms with Crippen molar-refractivity contribution in [3.63, 3.8) is 0 Å². The SMILES string of the molecule is CCn1c(SCC(=O)Nc2sc3c(c2C(=O)OC)CCC3)nnc1C(C)Oc1cc(C)cc(C)c1. The molecule has 0 fully saturated rings. The fraction of sp³-hybridized carbons (Fsp3) is 0.440. The van der Waals surface area contributed by atoms with Crippen molar-refractivity contribution >= 4 is 40.0 Å². The number of thioether (sulfide) groups is 1. The molecule has 0 aliphatic heterocycles. The molecule has 1 aromatic carbocycles. The highest BCUT2D eigenvalue weighted by Crippen LogP contribution is 2.39. The highest BCUT2D eigenvalue weighted by Gasteiger charge is 2.28. The average molecular weight is 515 g/mol. The Morgan fingerprint density at radius 2 is 1.94 bits per heavy atom. The van der Waals surface area contributed by atoms with Crippen molar-refractivity contribution in [2.24, 2.45) is 0 Å². The molecule has 2 aromatic heterocycles. The molecule has 0 radical (unpaired) electrons. The van der Waals surface area contributed by atoms with Crippen LogP contribution >= 0.6 is 23.1 Å². The third-order valence-electron chi connectivity index (χ3n) is 5.83. The summed E-state index contributed by atoms with van der Waals surface area (Å²) < 4.78 is 13.1. The van der Waals surface area contributed by atoms with Crippen LogP contribution in [0.3, 0.4) is 0 Å². The first-order valence-electron chi connectivity index (χ1n) is 11.6. The maximum atomic E-state index is 12.8. The summed E-state index contributed by atoms with van der Waals surface area (Å²) >= 11 is 2.78. The van der Waals surface area contributed by atoms with Crippen molar-refractivity contribution in [2.75, 3.05) is 18.2 Å². The second kappa shape index (κ2) is 10.8. The Hall–Kier alpha value is -2.85. The number of anilines is 1. The fourth-order valence-corrected chi connectivity index (χ4v) is 6.47. The third kappa shape index (κ3) is 5.54. The van der Waals surface area contributed by atoms with Gasteiger partial charge in [0.15, 0.2) is 17.1 Å². The first-order chi connectivity index (χ1) is 16.8. The van der Waals surface area contributed by atoms with Gasteiger partial charge in [-0.1, -0.05) is 17.8 Å². The Labute approximate surface area is 213 Å². The van der Waals surface area contributed by atoms with Crippen molar-refractivity contribution in [1.82, 2.24) is 14.8 Å². The molecule has 0 bridgehead atoms. The van der Waals surface area contributed by atoms with E-state index in [1.165, 1.54) is 30.2 Å². The third-order valence-corrected chi connectivity index (χ3v) is 8.00. The monoisotopic (exact) mass is 514 g/mol. The van der Waals surface area contributed by atoms with Gasteiger partial charge in [0.05, 0.1) is 18.4 Å². The van der Waals surface area contributed by atoms with Crippen LogP contribution < -0.4 is 10.1 Å². The zero-order valence-corrected chi connectivity index (χ0v) is 22.3. The van der Waals surface area contributed by atoms with Crippen LogP contribution in [-0.4, -0.2) is 39.5 Å². The van der Waals surface area contributed by atoms with Gasteiger partial charge in [0.25, 0.3) is 0 Å². The van der Waals surface area contributed by atoms with Gasteiger partial charge in [0.2, 0.25) is 5.91 Å². The van der Waals surface area contributed by atoms with Gasteiger partial charge in [-0.15, -0.1) is 21.5 Å². The molecule has 8 nitrogen and oxygen atoms in total. The van der Waals surface area contributed by atoms with Gasteiger partial charge < -0.3 is 19.4 Å². The van der Waals surface area contributed by atoms with E-state index >= 15 is 0 Å². The molecular formula is C25H30N4O4S2. The number of methoxy groups -OCH3 is 1. The molecule has 35 heavy (non-hydrogen) atoms. The molecule has 0 spiro atoms. The number of aromatic nitrogens is 3. The number of esters is 1. The van der Waals surface area contributed by atoms with Gasteiger partial charge >= 0.3 is 5.97 Å². The number of amides is 1. The van der Waals surface area contributed by atoms with Crippen LogP contribution in [0.15, 0.2) is 23.4 Å². The molecule has 0 saturated carbocycles. The van der Waals surface area contributed by atoms with Crippen LogP contribution in [0, 0.1) is 13.8 Å². The first kappa shape index (κ1) is 25.2. The Kier molecular flexibility index (Phi) is 7.81. The molecule has 1 unspecified atom stereocenters. The number of rotatable bonds is 9. The van der Waals surface area contributed by atoms with Crippen molar-refractivity contribution in [2.45, 2.75) is 64.8 Å². The van der Waals surface area contributed by atoms with Crippen LogP contribution in [0.2, 0.25) is 0 Å². The topological polar surface area (TPSA) is 95.3 Å². The number of hydrogen-bond donors (Lipinski definition) is 1. The van der Waals surface area contributed by atoms with Gasteiger partial charge in [-0.3, -0.25) is 4.79 Å². The maximum Gasteiger partial charge on any atom is 0.341 e. The van der Waals surface area contributed by atoms with Crippen LogP contribution in [0.4, 0.5) is 5.00 Å². The molecule has 1 N–H and O–H groups in total. The van der Waals surface area contributed by atoms with Crippen molar-refractivity contribution in [3.05, 3.63) is 51.2 Å². The number of benzene rings is 1. The summed E-state index contributed by atoms with van der Waals surface area (Å²) in [7, 11) is 1.36. The number of nitrogens with zero attached hydrogens (tertiary/aromatic N) is 3. The Balaban J connectivity index is 1.42. The lowest BCUT2D eigenvalue weighted by Crippen LogP contribution is -2.17. The molecule has 10 heteroatoms. The number of nitrogens with one attached hydrogen (secondary N) is 1. The summed E-state index contributed by atoms with van der Waals surface area (Å²) in [5.41, 5.74) is 3.79. The predicted molar refractivity (Wildman–Crippen MR) is 138 cm³/mol. The van der Waals surface area contributed by atoms with E-state index in [0.29, 0.717) is 28.1 Å². The maximum absolute atomic E-state index is 12.8. The van der Waals surface area contributed by atoms with Crippen molar-refractivity contribution < 1.29 is 19.1 Å². The molecule has 2 heterocycles. The van der Waals surface area contributed by atoms with E-state index in [9.17, 15) is 9.59 Å². The number of aryl methyl sites for hydroxylation is 3. The normalized spacial score (nSPS) is 13.4. The highest BCUT2D eigenvalue weighted by atomic mass is 32.2. The zero-order chi connectivity index (χ0) is 25.1. The Bertz CT molecular complexity index is 1230. The van der Waals surface area contributed by atoms with E-state index in [1.54, 1.807) is 0 Å². The lowest BCUT2D eigenvalue weighted by Gasteiger charge is -2.16. The first-order valence-corrected chi connectivity index (χ1v) is 13.4. The number of thiophene rings is 1. The Morgan fingerprint density at radius 1 is 1.20 bits per heavy atom. The number of carbonyl (C=O) groups excluding carboxylic acids is 2. The van der Waals surface area contributed by atoms with E-state index in [-0.39, 0.29) is 17.8 Å². The molecule has 186 valence electrons. The highest BCUT2D eigenvalue weighted by molar-refractivity contribution is 7.99. The smallest absolute Gasteiger partial charge is 0.341 e. The van der Waals surface area contributed by atoms with Gasteiger partial charge in [-0.25, -0.2) is 4.79 Å². The fourth-order valence-electron chi connectivity index (χ4n) is 4.37. The molecular weight excluding hydrogens is 484 g/mol. The standard InChI is InChI=1S/C25H30N4O4S2/c1-6-29-22(16(4)33-17-11-14(2)10-15(3)12-17)27-28-25(29)34-13-20(30)26-23-21(24(31)32-5)18-8-7-9-19(18)35-23/h10-12,16H,6-9,13H2,1-5H3,(H,26,30). The van der Waals surface area contributed by atoms with Crippen molar-refractivity contribution in [3.8, 4) is 5.75 Å². The van der Waals surface area contributed by atoms with Gasteiger partial charge in [0, 0.05) is 11.4 Å². The minimum Gasteiger partial charge on any atom is -0.483 e. The van der Waals surface area contributed by atoms with Crippen LogP contribution in [0.1, 0.15) is 64.1 Å². The van der Waals surface area contributed by atoms with Crippen LogP contribution in [0.25, 0.3) is 0 Å². The molecule has 1 amide bonds. The number of carbonyl (C=O) groups is 2. The molecule has 4 rings (SSSR count). The van der Waals surface area contributed by atoms with E-state index < -0.39 is 5.97 Å². The lowest BCUT2D eigenvalue weighted by molar-refractivity contribution is -0.113. The number of hydrogen-bond acceptors (Lipinski definition) is 8. The van der Waals surface area contributed by atoms with Gasteiger partial charge in [0.1, 0.15) is 10.8 Å². The lowest BCUT2D eigenvalue weighted by atomic mass is 10.1. The molecule has 1 aliphatic rings. The summed E-state index contributed by atoms with van der Waals surface area (Å²) in [6, 6.07) is 6.10. The summed E-state index contributed by atoms with van der Waals surface area (Å²) in [6.07, 6.45) is 2.49. The van der Waals surface area contributed by atoms with E-state index in [1.807, 2.05) is 44.4 Å². The molecule has 1 atom stereocenters. The van der Waals surface area contributed by atoms with E-state index in [0.717, 1.165) is 46.6 Å².